The van der Waals surface area contributed by atoms with E-state index in [2.05, 4.69) is 15.5 Å². The number of nitrogens with two attached hydrogens (primary N) is 1. The molecule has 6 heteroatoms. The van der Waals surface area contributed by atoms with Gasteiger partial charge >= 0.3 is 0 Å². The summed E-state index contributed by atoms with van der Waals surface area (Å²) < 4.78 is 0. The van der Waals surface area contributed by atoms with Crippen LogP contribution in [0.3, 0.4) is 0 Å². The van der Waals surface area contributed by atoms with Gasteiger partial charge in [0.15, 0.2) is 0 Å². The smallest absolute Gasteiger partial charge is 0.253 e. The summed E-state index contributed by atoms with van der Waals surface area (Å²) in [6, 6.07) is 11.6. The van der Waals surface area contributed by atoms with Crippen LogP contribution in [0.25, 0.3) is 0 Å². The SMILES string of the molecule is NCc1ccc(C(=O)N2CCC(Nc3cccnn3)CC2)cc1. The van der Waals surface area contributed by atoms with Crippen LogP contribution in [-0.4, -0.2) is 40.1 Å². The number of hydrogen-bond donors (Lipinski definition) is 2. The molecule has 0 bridgehead atoms. The van der Waals surface area contributed by atoms with Gasteiger partial charge in [-0.25, -0.2) is 0 Å². The monoisotopic (exact) mass is 311 g/mol. The molecule has 2 aromatic rings. The first-order valence-electron chi connectivity index (χ1n) is 7.89. The Bertz CT molecular complexity index is 636. The molecule has 0 radical (unpaired) electrons. The maximum absolute atomic E-state index is 12.5. The lowest BCUT2D eigenvalue weighted by Crippen LogP contribution is -2.42. The van der Waals surface area contributed by atoms with E-state index in [1.165, 1.54) is 0 Å². The van der Waals surface area contributed by atoms with Gasteiger partial charge < -0.3 is 16.0 Å². The summed E-state index contributed by atoms with van der Waals surface area (Å²) in [4.78, 5) is 14.4. The van der Waals surface area contributed by atoms with Gasteiger partial charge in [-0.15, -0.1) is 5.10 Å². The maximum Gasteiger partial charge on any atom is 0.253 e. The van der Waals surface area contributed by atoms with Gasteiger partial charge in [0.05, 0.1) is 0 Å². The van der Waals surface area contributed by atoms with E-state index < -0.39 is 0 Å². The molecule has 3 rings (SSSR count). The molecule has 1 fully saturated rings. The summed E-state index contributed by atoms with van der Waals surface area (Å²) in [5, 5.41) is 11.3. The number of amides is 1. The van der Waals surface area contributed by atoms with Crippen molar-refractivity contribution in [1.29, 1.82) is 0 Å². The highest BCUT2D eigenvalue weighted by Gasteiger charge is 2.23. The van der Waals surface area contributed by atoms with E-state index in [1.54, 1.807) is 6.20 Å². The zero-order valence-electron chi connectivity index (χ0n) is 13.0. The van der Waals surface area contributed by atoms with Crippen LogP contribution < -0.4 is 11.1 Å². The summed E-state index contributed by atoms with van der Waals surface area (Å²) in [6.07, 6.45) is 3.47. The fraction of sp³-hybridized carbons (Fsp3) is 0.353. The Balaban J connectivity index is 1.54. The number of carbonyl (C=O) groups is 1. The average Bonchev–Trinajstić information content (AvgIpc) is 2.63. The Hall–Kier alpha value is -2.47. The fourth-order valence-corrected chi connectivity index (χ4v) is 2.78. The molecule has 0 unspecified atom stereocenters. The summed E-state index contributed by atoms with van der Waals surface area (Å²) in [6.45, 7) is 1.98. The molecule has 1 aliphatic heterocycles. The van der Waals surface area contributed by atoms with Gasteiger partial charge in [0.2, 0.25) is 0 Å². The predicted molar refractivity (Wildman–Crippen MR) is 88.9 cm³/mol. The van der Waals surface area contributed by atoms with E-state index in [1.807, 2.05) is 41.3 Å². The number of anilines is 1. The van der Waals surface area contributed by atoms with Crippen LogP contribution in [0.2, 0.25) is 0 Å². The van der Waals surface area contributed by atoms with Crippen LogP contribution in [0, 0.1) is 0 Å². The number of rotatable bonds is 4. The minimum Gasteiger partial charge on any atom is -0.366 e. The number of piperidine rings is 1. The van der Waals surface area contributed by atoms with Crippen LogP contribution in [0.15, 0.2) is 42.6 Å². The predicted octanol–water partition coefficient (Wildman–Crippen LogP) is 1.65. The standard InChI is InChI=1S/C17H21N5O/c18-12-13-3-5-14(6-4-13)17(23)22-10-7-15(8-11-22)20-16-2-1-9-19-21-16/h1-6,9,15H,7-8,10-12,18H2,(H,20,21). The Kier molecular flexibility index (Phi) is 4.83. The summed E-state index contributed by atoms with van der Waals surface area (Å²) in [5.74, 6) is 0.876. The van der Waals surface area contributed by atoms with E-state index in [4.69, 9.17) is 5.73 Å². The van der Waals surface area contributed by atoms with Crippen molar-refractivity contribution in [1.82, 2.24) is 15.1 Å². The fourth-order valence-electron chi connectivity index (χ4n) is 2.78. The van der Waals surface area contributed by atoms with Gasteiger partial charge in [-0.05, 0) is 42.7 Å². The van der Waals surface area contributed by atoms with Crippen LogP contribution in [-0.2, 0) is 6.54 Å². The topological polar surface area (TPSA) is 84.1 Å². The van der Waals surface area contributed by atoms with E-state index in [0.29, 0.717) is 12.6 Å². The second-order valence-electron chi connectivity index (χ2n) is 5.72. The number of carbonyl (C=O) groups excluding carboxylic acids is 1. The maximum atomic E-state index is 12.5. The van der Waals surface area contributed by atoms with E-state index >= 15 is 0 Å². The Labute approximate surface area is 135 Å². The molecule has 120 valence electrons. The number of hydrogen-bond acceptors (Lipinski definition) is 5. The van der Waals surface area contributed by atoms with Crippen LogP contribution in [0.4, 0.5) is 5.82 Å². The van der Waals surface area contributed by atoms with Gasteiger partial charge in [-0.3, -0.25) is 4.79 Å². The van der Waals surface area contributed by atoms with Gasteiger partial charge in [0, 0.05) is 37.4 Å². The van der Waals surface area contributed by atoms with E-state index in [-0.39, 0.29) is 5.91 Å². The first-order chi connectivity index (χ1) is 11.3. The molecular weight excluding hydrogens is 290 g/mol. The zero-order chi connectivity index (χ0) is 16.1. The third-order valence-corrected chi connectivity index (χ3v) is 4.14. The molecule has 0 aliphatic carbocycles. The normalized spacial score (nSPS) is 15.4. The highest BCUT2D eigenvalue weighted by atomic mass is 16.2. The second-order valence-corrected chi connectivity index (χ2v) is 5.72. The van der Waals surface area contributed by atoms with Crippen molar-refractivity contribution in [2.45, 2.75) is 25.4 Å². The van der Waals surface area contributed by atoms with Gasteiger partial charge in [0.25, 0.3) is 5.91 Å². The summed E-state index contributed by atoms with van der Waals surface area (Å²) in [7, 11) is 0. The van der Waals surface area contributed by atoms with Crippen molar-refractivity contribution in [3.05, 3.63) is 53.7 Å². The molecule has 0 saturated carbocycles. The average molecular weight is 311 g/mol. The van der Waals surface area contributed by atoms with Crippen molar-refractivity contribution in [3.8, 4) is 0 Å². The molecule has 3 N–H and O–H groups in total. The van der Waals surface area contributed by atoms with Gasteiger partial charge in [-0.2, -0.15) is 5.10 Å². The van der Waals surface area contributed by atoms with Gasteiger partial charge in [-0.1, -0.05) is 12.1 Å². The lowest BCUT2D eigenvalue weighted by Gasteiger charge is -2.32. The number of aromatic nitrogens is 2. The molecule has 0 atom stereocenters. The van der Waals surface area contributed by atoms with Crippen LogP contribution >= 0.6 is 0 Å². The first-order valence-corrected chi connectivity index (χ1v) is 7.89. The van der Waals surface area contributed by atoms with Crippen molar-refractivity contribution in [2.75, 3.05) is 18.4 Å². The largest absolute Gasteiger partial charge is 0.366 e. The van der Waals surface area contributed by atoms with Crippen LogP contribution in [0.5, 0.6) is 0 Å². The number of likely N-dealkylation sites (tertiary alicyclic amines) is 1. The Morgan fingerprint density at radius 1 is 1.22 bits per heavy atom. The van der Waals surface area contributed by atoms with Crippen molar-refractivity contribution >= 4 is 11.7 Å². The highest BCUT2D eigenvalue weighted by molar-refractivity contribution is 5.94. The number of nitrogens with one attached hydrogen (secondary N) is 1. The third kappa shape index (κ3) is 3.84. The molecule has 1 aliphatic rings. The minimum absolute atomic E-state index is 0.0894. The summed E-state index contributed by atoms with van der Waals surface area (Å²) >= 11 is 0. The van der Waals surface area contributed by atoms with Crippen molar-refractivity contribution in [3.63, 3.8) is 0 Å². The molecular formula is C17H21N5O. The van der Waals surface area contributed by atoms with Crippen LogP contribution in [0.1, 0.15) is 28.8 Å². The first kappa shape index (κ1) is 15.4. The molecule has 1 aromatic carbocycles. The lowest BCUT2D eigenvalue weighted by atomic mass is 10.0. The molecule has 1 amide bonds. The zero-order valence-corrected chi connectivity index (χ0v) is 13.0. The Morgan fingerprint density at radius 2 is 1.96 bits per heavy atom. The summed E-state index contributed by atoms with van der Waals surface area (Å²) in [5.41, 5.74) is 7.35. The molecule has 1 saturated heterocycles. The number of benzene rings is 1. The quantitative estimate of drug-likeness (QED) is 0.897. The molecule has 0 spiro atoms. The number of nitrogens with zero attached hydrogens (tertiary/aromatic N) is 3. The van der Waals surface area contributed by atoms with E-state index in [0.717, 1.165) is 42.9 Å². The molecule has 1 aromatic heterocycles. The van der Waals surface area contributed by atoms with E-state index in [9.17, 15) is 4.79 Å². The minimum atomic E-state index is 0.0894. The van der Waals surface area contributed by atoms with Crippen molar-refractivity contribution < 1.29 is 4.79 Å². The molecule has 6 nitrogen and oxygen atoms in total. The Morgan fingerprint density at radius 3 is 2.57 bits per heavy atom. The highest BCUT2D eigenvalue weighted by Crippen LogP contribution is 2.17. The molecule has 23 heavy (non-hydrogen) atoms. The van der Waals surface area contributed by atoms with Crippen molar-refractivity contribution in [2.24, 2.45) is 5.73 Å². The molecule has 2 heterocycles. The second kappa shape index (κ2) is 7.19. The lowest BCUT2D eigenvalue weighted by molar-refractivity contribution is 0.0718. The third-order valence-electron chi connectivity index (χ3n) is 4.14. The van der Waals surface area contributed by atoms with Gasteiger partial charge in [0.1, 0.15) is 5.82 Å².